The molecule has 0 radical (unpaired) electrons. The summed E-state index contributed by atoms with van der Waals surface area (Å²) in [6, 6.07) is 15.4. The van der Waals surface area contributed by atoms with E-state index in [4.69, 9.17) is 16.6 Å². The number of aryl methyl sites for hydroxylation is 1. The Bertz CT molecular complexity index is 1140. The average molecular weight is 481 g/mol. The van der Waals surface area contributed by atoms with E-state index >= 15 is 0 Å². The van der Waals surface area contributed by atoms with Crippen LogP contribution in [0.3, 0.4) is 0 Å². The molecule has 2 amide bonds. The van der Waals surface area contributed by atoms with Crippen LogP contribution in [0.4, 0.5) is 5.95 Å². The molecule has 34 heavy (non-hydrogen) atoms. The first-order valence-corrected chi connectivity index (χ1v) is 12.0. The minimum absolute atomic E-state index is 0.0114. The zero-order valence-electron chi connectivity index (χ0n) is 20.5. The predicted octanol–water partition coefficient (Wildman–Crippen LogP) is 5.97. The Kier molecular flexibility index (Phi) is 8.51. The Morgan fingerprint density at radius 1 is 1.06 bits per heavy atom. The predicted molar refractivity (Wildman–Crippen MR) is 138 cm³/mol. The third kappa shape index (κ3) is 6.94. The van der Waals surface area contributed by atoms with Crippen LogP contribution in [0.1, 0.15) is 39.7 Å². The number of nitrogens with one attached hydrogen (secondary N) is 1. The first kappa shape index (κ1) is 25.5. The summed E-state index contributed by atoms with van der Waals surface area (Å²) in [5.41, 5.74) is 3.58. The third-order valence-corrected chi connectivity index (χ3v) is 5.48. The van der Waals surface area contributed by atoms with Crippen molar-refractivity contribution in [1.82, 2.24) is 14.5 Å². The summed E-state index contributed by atoms with van der Waals surface area (Å²) >= 11 is 6.04. The molecule has 1 heterocycles. The van der Waals surface area contributed by atoms with Gasteiger partial charge in [-0.1, -0.05) is 63.6 Å². The summed E-state index contributed by atoms with van der Waals surface area (Å²) in [6.45, 7) is 10.6. The third-order valence-electron chi connectivity index (χ3n) is 5.23. The van der Waals surface area contributed by atoms with Crippen LogP contribution in [0.2, 0.25) is 5.02 Å². The molecule has 3 rings (SSSR count). The van der Waals surface area contributed by atoms with Crippen LogP contribution in [0.25, 0.3) is 16.9 Å². The fourth-order valence-corrected chi connectivity index (χ4v) is 3.84. The summed E-state index contributed by atoms with van der Waals surface area (Å²) in [4.78, 5) is 32.1. The molecular formula is C27H33ClN4O2. The normalized spacial score (nSPS) is 11.2. The van der Waals surface area contributed by atoms with Crippen LogP contribution in [0, 0.1) is 18.8 Å². The van der Waals surface area contributed by atoms with Gasteiger partial charge in [0.1, 0.15) is 0 Å². The van der Waals surface area contributed by atoms with Gasteiger partial charge in [0.05, 0.1) is 12.2 Å². The molecule has 6 nitrogen and oxygen atoms in total. The fraction of sp³-hybridized carbons (Fsp3) is 0.370. The van der Waals surface area contributed by atoms with E-state index in [1.54, 1.807) is 4.90 Å². The first-order valence-electron chi connectivity index (χ1n) is 11.6. The van der Waals surface area contributed by atoms with E-state index in [0.717, 1.165) is 16.8 Å². The lowest BCUT2D eigenvalue weighted by Gasteiger charge is -2.25. The summed E-state index contributed by atoms with van der Waals surface area (Å²) < 4.78 is 1.86. The SMILES string of the molecule is Cc1cccc(-n2cc(-c3ccc(Cl)cc3)nc2NC(=O)CN(CC(C)C)C(=O)CC(C)C)c1. The molecule has 2 aromatic carbocycles. The van der Waals surface area contributed by atoms with Crippen molar-refractivity contribution >= 4 is 29.4 Å². The van der Waals surface area contributed by atoms with Crippen molar-refractivity contribution in [2.75, 3.05) is 18.4 Å². The molecule has 0 saturated carbocycles. The highest BCUT2D eigenvalue weighted by molar-refractivity contribution is 6.30. The molecule has 1 aromatic heterocycles. The van der Waals surface area contributed by atoms with Gasteiger partial charge in [0.2, 0.25) is 17.8 Å². The van der Waals surface area contributed by atoms with Gasteiger partial charge in [0.15, 0.2) is 0 Å². The van der Waals surface area contributed by atoms with Crippen LogP contribution in [-0.4, -0.2) is 39.4 Å². The number of benzene rings is 2. The first-order chi connectivity index (χ1) is 16.1. The Morgan fingerprint density at radius 3 is 2.38 bits per heavy atom. The second-order valence-electron chi connectivity index (χ2n) is 9.48. The molecule has 0 spiro atoms. The van der Waals surface area contributed by atoms with Gasteiger partial charge >= 0.3 is 0 Å². The van der Waals surface area contributed by atoms with Crippen LogP contribution in [0.5, 0.6) is 0 Å². The fourth-order valence-electron chi connectivity index (χ4n) is 3.71. The maximum atomic E-state index is 13.1. The number of nitrogens with zero attached hydrogens (tertiary/aromatic N) is 3. The number of carbonyl (C=O) groups is 2. The second-order valence-corrected chi connectivity index (χ2v) is 9.92. The van der Waals surface area contributed by atoms with Gasteiger partial charge in [-0.2, -0.15) is 0 Å². The monoisotopic (exact) mass is 480 g/mol. The van der Waals surface area contributed by atoms with Gasteiger partial charge in [-0.3, -0.25) is 19.5 Å². The molecule has 0 atom stereocenters. The lowest BCUT2D eigenvalue weighted by atomic mass is 10.1. The van der Waals surface area contributed by atoms with Crippen LogP contribution >= 0.6 is 11.6 Å². The van der Waals surface area contributed by atoms with E-state index in [9.17, 15) is 9.59 Å². The van der Waals surface area contributed by atoms with E-state index in [-0.39, 0.29) is 30.2 Å². The van der Waals surface area contributed by atoms with Gasteiger partial charge in [-0.15, -0.1) is 0 Å². The summed E-state index contributed by atoms with van der Waals surface area (Å²) in [5, 5.41) is 3.58. The summed E-state index contributed by atoms with van der Waals surface area (Å²) in [5.74, 6) is 0.603. The van der Waals surface area contributed by atoms with Crippen molar-refractivity contribution in [3.05, 3.63) is 65.3 Å². The minimum atomic E-state index is -0.278. The molecule has 0 bridgehead atoms. The summed E-state index contributed by atoms with van der Waals surface area (Å²) in [7, 11) is 0. The van der Waals surface area contributed by atoms with E-state index in [1.807, 2.05) is 93.9 Å². The van der Waals surface area contributed by atoms with Crippen molar-refractivity contribution in [3.63, 3.8) is 0 Å². The lowest BCUT2D eigenvalue weighted by molar-refractivity contribution is -0.135. The molecular weight excluding hydrogens is 448 g/mol. The smallest absolute Gasteiger partial charge is 0.246 e. The summed E-state index contributed by atoms with van der Waals surface area (Å²) in [6.07, 6.45) is 2.31. The van der Waals surface area contributed by atoms with Crippen LogP contribution in [0.15, 0.2) is 54.7 Å². The number of aromatic nitrogens is 2. The van der Waals surface area contributed by atoms with E-state index in [2.05, 4.69) is 5.32 Å². The molecule has 0 saturated heterocycles. The average Bonchev–Trinajstić information content (AvgIpc) is 3.16. The van der Waals surface area contributed by atoms with Crippen LogP contribution in [-0.2, 0) is 9.59 Å². The van der Waals surface area contributed by atoms with Crippen molar-refractivity contribution < 1.29 is 9.59 Å². The van der Waals surface area contributed by atoms with Crippen LogP contribution < -0.4 is 5.32 Å². The molecule has 1 N–H and O–H groups in total. The largest absolute Gasteiger partial charge is 0.333 e. The topological polar surface area (TPSA) is 67.2 Å². The molecule has 0 unspecified atom stereocenters. The molecule has 0 fully saturated rings. The number of carbonyl (C=O) groups excluding carboxylic acids is 2. The number of hydrogen-bond acceptors (Lipinski definition) is 3. The minimum Gasteiger partial charge on any atom is -0.333 e. The highest BCUT2D eigenvalue weighted by Crippen LogP contribution is 2.26. The quantitative estimate of drug-likeness (QED) is 0.410. The number of halogens is 1. The van der Waals surface area contributed by atoms with Gasteiger partial charge in [-0.05, 0) is 48.6 Å². The molecule has 180 valence electrons. The van der Waals surface area contributed by atoms with Gasteiger partial charge < -0.3 is 4.90 Å². The maximum absolute atomic E-state index is 13.1. The Labute approximate surface area is 206 Å². The number of rotatable bonds is 9. The molecule has 7 heteroatoms. The number of anilines is 1. The van der Waals surface area contributed by atoms with Crippen molar-refractivity contribution in [1.29, 1.82) is 0 Å². The zero-order valence-corrected chi connectivity index (χ0v) is 21.3. The number of hydrogen-bond donors (Lipinski definition) is 1. The van der Waals surface area contributed by atoms with Gasteiger partial charge in [0.25, 0.3) is 0 Å². The number of amides is 2. The van der Waals surface area contributed by atoms with E-state index < -0.39 is 0 Å². The van der Waals surface area contributed by atoms with Crippen molar-refractivity contribution in [2.45, 2.75) is 41.0 Å². The zero-order chi connectivity index (χ0) is 24.8. The molecule has 3 aromatic rings. The molecule has 0 aliphatic heterocycles. The highest BCUT2D eigenvalue weighted by Gasteiger charge is 2.21. The standard InChI is InChI=1S/C27H33ClN4O2/c1-18(2)13-26(34)31(15-19(3)4)17-25(33)30-27-29-24(21-9-11-22(28)12-10-21)16-32(27)23-8-6-7-20(5)14-23/h6-12,14,16,18-19H,13,15,17H2,1-5H3,(H,29,30,33). The van der Waals surface area contributed by atoms with Crippen molar-refractivity contribution in [2.24, 2.45) is 11.8 Å². The molecule has 0 aliphatic rings. The maximum Gasteiger partial charge on any atom is 0.246 e. The Hall–Kier alpha value is -3.12. The Balaban J connectivity index is 1.90. The molecule has 0 aliphatic carbocycles. The van der Waals surface area contributed by atoms with E-state index in [0.29, 0.717) is 29.6 Å². The van der Waals surface area contributed by atoms with Gasteiger partial charge in [-0.25, -0.2) is 4.98 Å². The van der Waals surface area contributed by atoms with E-state index in [1.165, 1.54) is 0 Å². The van der Waals surface area contributed by atoms with Gasteiger partial charge in [0, 0.05) is 35.4 Å². The Morgan fingerprint density at radius 2 is 1.76 bits per heavy atom. The second kappa shape index (κ2) is 11.3. The lowest BCUT2D eigenvalue weighted by Crippen LogP contribution is -2.40. The highest BCUT2D eigenvalue weighted by atomic mass is 35.5. The number of imidazole rings is 1. The van der Waals surface area contributed by atoms with Crippen molar-refractivity contribution in [3.8, 4) is 16.9 Å².